The van der Waals surface area contributed by atoms with E-state index in [9.17, 15) is 9.59 Å². The van der Waals surface area contributed by atoms with Crippen molar-refractivity contribution in [2.24, 2.45) is 11.7 Å². The lowest BCUT2D eigenvalue weighted by atomic mass is 9.99. The molecule has 0 rings (SSSR count). The SMILES string of the molecule is C=CC(N)CCC(=O)OCCOC(=O)C(CCC)CCC. The monoisotopic (exact) mass is 299 g/mol. The fraction of sp³-hybridized carbons (Fsp3) is 0.750. The van der Waals surface area contributed by atoms with Gasteiger partial charge in [0.2, 0.25) is 0 Å². The minimum atomic E-state index is -0.331. The molecule has 5 heteroatoms. The average molecular weight is 299 g/mol. The fourth-order valence-electron chi connectivity index (χ4n) is 1.97. The van der Waals surface area contributed by atoms with Gasteiger partial charge < -0.3 is 15.2 Å². The van der Waals surface area contributed by atoms with Crippen LogP contribution in [0.2, 0.25) is 0 Å². The van der Waals surface area contributed by atoms with Gasteiger partial charge in [0.15, 0.2) is 0 Å². The number of nitrogens with two attached hydrogens (primary N) is 1. The van der Waals surface area contributed by atoms with Crippen LogP contribution >= 0.6 is 0 Å². The lowest BCUT2D eigenvalue weighted by molar-refractivity contribution is -0.155. The Bertz CT molecular complexity index is 311. The molecule has 0 heterocycles. The largest absolute Gasteiger partial charge is 0.462 e. The Labute approximate surface area is 127 Å². The summed E-state index contributed by atoms with van der Waals surface area (Å²) in [6, 6.07) is -0.195. The first-order chi connectivity index (χ1) is 10.0. The molecule has 0 aliphatic rings. The number of esters is 2. The molecule has 0 radical (unpaired) electrons. The Morgan fingerprint density at radius 3 is 2.19 bits per heavy atom. The van der Waals surface area contributed by atoms with Crippen molar-refractivity contribution in [2.75, 3.05) is 13.2 Å². The standard InChI is InChI=1S/C16H29NO4/c1-4-7-13(8-5-2)16(19)21-12-11-20-15(18)10-9-14(17)6-3/h6,13-14H,3-5,7-12,17H2,1-2H3. The highest BCUT2D eigenvalue weighted by Gasteiger charge is 2.18. The third-order valence-corrected chi connectivity index (χ3v) is 3.18. The predicted octanol–water partition coefficient (Wildman–Crippen LogP) is 2.58. The van der Waals surface area contributed by atoms with Crippen molar-refractivity contribution in [3.05, 3.63) is 12.7 Å². The maximum absolute atomic E-state index is 11.8. The van der Waals surface area contributed by atoms with Gasteiger partial charge in [0, 0.05) is 12.5 Å². The zero-order chi connectivity index (χ0) is 16.1. The van der Waals surface area contributed by atoms with Crippen molar-refractivity contribution in [3.8, 4) is 0 Å². The first kappa shape index (κ1) is 19.6. The molecule has 0 aromatic heterocycles. The van der Waals surface area contributed by atoms with Crippen molar-refractivity contribution in [2.45, 2.75) is 58.4 Å². The smallest absolute Gasteiger partial charge is 0.309 e. The van der Waals surface area contributed by atoms with E-state index in [-0.39, 0.29) is 43.5 Å². The number of ether oxygens (including phenoxy) is 2. The van der Waals surface area contributed by atoms with Gasteiger partial charge in [-0.25, -0.2) is 0 Å². The summed E-state index contributed by atoms with van der Waals surface area (Å²) in [6.45, 7) is 7.85. The van der Waals surface area contributed by atoms with E-state index >= 15 is 0 Å². The Balaban J connectivity index is 3.79. The molecule has 0 aromatic carbocycles. The average Bonchev–Trinajstić information content (AvgIpc) is 2.48. The van der Waals surface area contributed by atoms with Crippen LogP contribution in [0, 0.1) is 5.92 Å². The summed E-state index contributed by atoms with van der Waals surface area (Å²) in [5, 5.41) is 0. The zero-order valence-electron chi connectivity index (χ0n) is 13.3. The van der Waals surface area contributed by atoms with Gasteiger partial charge in [-0.1, -0.05) is 32.8 Å². The van der Waals surface area contributed by atoms with Crippen LogP contribution in [0.5, 0.6) is 0 Å². The van der Waals surface area contributed by atoms with Gasteiger partial charge in [0.05, 0.1) is 5.92 Å². The van der Waals surface area contributed by atoms with Crippen molar-refractivity contribution < 1.29 is 19.1 Å². The van der Waals surface area contributed by atoms with E-state index in [0.717, 1.165) is 25.7 Å². The first-order valence-electron chi connectivity index (χ1n) is 7.75. The lowest BCUT2D eigenvalue weighted by Gasteiger charge is -2.14. The van der Waals surface area contributed by atoms with Crippen molar-refractivity contribution in [1.82, 2.24) is 0 Å². The summed E-state index contributed by atoms with van der Waals surface area (Å²) >= 11 is 0. The van der Waals surface area contributed by atoms with Crippen molar-refractivity contribution >= 4 is 11.9 Å². The lowest BCUT2D eigenvalue weighted by Crippen LogP contribution is -2.22. The van der Waals surface area contributed by atoms with E-state index in [2.05, 4.69) is 6.58 Å². The molecule has 0 amide bonds. The molecule has 0 aliphatic carbocycles. The first-order valence-corrected chi connectivity index (χ1v) is 7.75. The summed E-state index contributed by atoms with van der Waals surface area (Å²) in [7, 11) is 0. The normalized spacial score (nSPS) is 12.0. The number of hydrogen-bond donors (Lipinski definition) is 1. The summed E-state index contributed by atoms with van der Waals surface area (Å²) < 4.78 is 10.1. The Morgan fingerprint density at radius 1 is 1.10 bits per heavy atom. The second kappa shape index (κ2) is 12.4. The summed E-state index contributed by atoms with van der Waals surface area (Å²) in [5.74, 6) is -0.563. The second-order valence-corrected chi connectivity index (χ2v) is 5.10. The van der Waals surface area contributed by atoms with Gasteiger partial charge in [0.25, 0.3) is 0 Å². The molecular formula is C16H29NO4. The number of rotatable bonds is 12. The predicted molar refractivity (Wildman–Crippen MR) is 82.6 cm³/mol. The Kier molecular flexibility index (Phi) is 11.6. The molecule has 0 saturated heterocycles. The molecule has 1 unspecified atom stereocenters. The molecule has 0 saturated carbocycles. The highest BCUT2D eigenvalue weighted by molar-refractivity contribution is 5.72. The maximum Gasteiger partial charge on any atom is 0.309 e. The molecule has 0 spiro atoms. The van der Waals surface area contributed by atoms with Crippen molar-refractivity contribution in [1.29, 1.82) is 0 Å². The van der Waals surface area contributed by atoms with Crippen LogP contribution in [0.15, 0.2) is 12.7 Å². The van der Waals surface area contributed by atoms with E-state index in [1.807, 2.05) is 13.8 Å². The third kappa shape index (κ3) is 10.1. The van der Waals surface area contributed by atoms with Crippen LogP contribution in [-0.2, 0) is 19.1 Å². The molecular weight excluding hydrogens is 270 g/mol. The maximum atomic E-state index is 11.8. The van der Waals surface area contributed by atoms with Crippen LogP contribution in [-0.4, -0.2) is 31.2 Å². The zero-order valence-corrected chi connectivity index (χ0v) is 13.3. The molecule has 1 atom stereocenters. The number of carbonyl (C=O) groups is 2. The van der Waals surface area contributed by atoms with Gasteiger partial charge in [-0.05, 0) is 19.3 Å². The second-order valence-electron chi connectivity index (χ2n) is 5.10. The van der Waals surface area contributed by atoms with Gasteiger partial charge in [-0.2, -0.15) is 0 Å². The topological polar surface area (TPSA) is 78.6 Å². The van der Waals surface area contributed by atoms with Crippen LogP contribution in [0.25, 0.3) is 0 Å². The molecule has 0 aromatic rings. The minimum Gasteiger partial charge on any atom is -0.462 e. The van der Waals surface area contributed by atoms with E-state index in [4.69, 9.17) is 15.2 Å². The molecule has 0 fully saturated rings. The highest BCUT2D eigenvalue weighted by Crippen LogP contribution is 2.15. The third-order valence-electron chi connectivity index (χ3n) is 3.18. The van der Waals surface area contributed by atoms with E-state index in [1.54, 1.807) is 6.08 Å². The van der Waals surface area contributed by atoms with Crippen molar-refractivity contribution in [3.63, 3.8) is 0 Å². The van der Waals surface area contributed by atoms with E-state index < -0.39 is 0 Å². The van der Waals surface area contributed by atoms with Crippen LogP contribution in [0.1, 0.15) is 52.4 Å². The number of carbonyl (C=O) groups excluding carboxylic acids is 2. The number of hydrogen-bond acceptors (Lipinski definition) is 5. The van der Waals surface area contributed by atoms with Gasteiger partial charge in [-0.3, -0.25) is 9.59 Å². The Morgan fingerprint density at radius 2 is 1.67 bits per heavy atom. The van der Waals surface area contributed by atoms with Gasteiger partial charge in [-0.15, -0.1) is 6.58 Å². The van der Waals surface area contributed by atoms with E-state index in [0.29, 0.717) is 6.42 Å². The van der Waals surface area contributed by atoms with Gasteiger partial charge >= 0.3 is 11.9 Å². The Hall–Kier alpha value is -1.36. The van der Waals surface area contributed by atoms with E-state index in [1.165, 1.54) is 0 Å². The molecule has 2 N–H and O–H groups in total. The summed E-state index contributed by atoms with van der Waals surface area (Å²) in [6.07, 6.45) is 5.94. The molecule has 5 nitrogen and oxygen atoms in total. The van der Waals surface area contributed by atoms with Gasteiger partial charge in [0.1, 0.15) is 13.2 Å². The molecule has 21 heavy (non-hydrogen) atoms. The van der Waals surface area contributed by atoms with Crippen LogP contribution < -0.4 is 5.73 Å². The highest BCUT2D eigenvalue weighted by atomic mass is 16.6. The molecule has 122 valence electrons. The van der Waals surface area contributed by atoms with Crippen LogP contribution in [0.3, 0.4) is 0 Å². The summed E-state index contributed by atoms with van der Waals surface area (Å²) in [4.78, 5) is 23.2. The quantitative estimate of drug-likeness (QED) is 0.340. The van der Waals surface area contributed by atoms with Crippen LogP contribution in [0.4, 0.5) is 0 Å². The summed E-state index contributed by atoms with van der Waals surface area (Å²) in [5.41, 5.74) is 5.61. The fourth-order valence-corrected chi connectivity index (χ4v) is 1.97. The minimum absolute atomic E-state index is 0.0405. The molecule has 0 aliphatic heterocycles. The molecule has 0 bridgehead atoms.